The number of hydrogen-bond acceptors (Lipinski definition) is 2. The molecule has 5 heteroatoms. The second-order valence-electron chi connectivity index (χ2n) is 5.01. The predicted molar refractivity (Wildman–Crippen MR) is 87.6 cm³/mol. The molecule has 0 bridgehead atoms. The van der Waals surface area contributed by atoms with Crippen molar-refractivity contribution in [3.05, 3.63) is 59.2 Å². The van der Waals surface area contributed by atoms with Crippen LogP contribution in [-0.4, -0.2) is 14.3 Å². The molecule has 0 aromatic heterocycles. The molecule has 0 fully saturated rings. The van der Waals surface area contributed by atoms with Crippen LogP contribution in [0.15, 0.2) is 47.4 Å². The highest BCUT2D eigenvalue weighted by Crippen LogP contribution is 2.21. The van der Waals surface area contributed by atoms with Gasteiger partial charge in [0.15, 0.2) is 0 Å². The smallest absolute Gasteiger partial charge is 0.261 e. The van der Waals surface area contributed by atoms with E-state index in [2.05, 4.69) is 4.72 Å². The molecule has 2 aromatic rings. The molecular weight excluding hydrogens is 306 g/mol. The first kappa shape index (κ1) is 15.9. The van der Waals surface area contributed by atoms with Gasteiger partial charge in [0.25, 0.3) is 10.0 Å². The summed E-state index contributed by atoms with van der Waals surface area (Å²) in [7, 11) is -3.56. The van der Waals surface area contributed by atoms with Crippen LogP contribution in [0.3, 0.4) is 0 Å². The molecule has 0 heterocycles. The molecule has 0 aliphatic carbocycles. The van der Waals surface area contributed by atoms with Crippen LogP contribution < -0.4 is 4.72 Å². The number of benzene rings is 2. The third-order valence-corrected chi connectivity index (χ3v) is 4.81. The lowest BCUT2D eigenvalue weighted by molar-refractivity contribution is 0.601. The van der Waals surface area contributed by atoms with Crippen LogP contribution in [0.5, 0.6) is 0 Å². The van der Waals surface area contributed by atoms with Gasteiger partial charge in [-0.15, -0.1) is 11.6 Å². The number of rotatable bonds is 5. The fraction of sp³-hybridized carbons (Fsp3) is 0.250. The molecule has 2 rings (SSSR count). The van der Waals surface area contributed by atoms with Crippen LogP contribution in [0, 0.1) is 13.8 Å². The number of aryl methyl sites for hydroxylation is 3. The largest absolute Gasteiger partial charge is 0.279 e. The molecule has 1 N–H and O–H groups in total. The van der Waals surface area contributed by atoms with Crippen molar-refractivity contribution in [2.45, 2.75) is 25.2 Å². The second kappa shape index (κ2) is 6.50. The average molecular weight is 324 g/mol. The highest BCUT2D eigenvalue weighted by molar-refractivity contribution is 7.92. The van der Waals surface area contributed by atoms with Crippen molar-refractivity contribution in [3.63, 3.8) is 0 Å². The first-order valence-electron chi connectivity index (χ1n) is 6.67. The average Bonchev–Trinajstić information content (AvgIpc) is 2.43. The van der Waals surface area contributed by atoms with Crippen molar-refractivity contribution in [1.29, 1.82) is 0 Å². The Morgan fingerprint density at radius 2 is 1.71 bits per heavy atom. The molecule has 21 heavy (non-hydrogen) atoms. The lowest BCUT2D eigenvalue weighted by Gasteiger charge is -2.11. The number of alkyl halides is 1. The van der Waals surface area contributed by atoms with Gasteiger partial charge in [0.1, 0.15) is 0 Å². The minimum absolute atomic E-state index is 0.251. The van der Waals surface area contributed by atoms with Gasteiger partial charge in [-0.25, -0.2) is 8.42 Å². The summed E-state index contributed by atoms with van der Waals surface area (Å²) in [6.07, 6.45) is 0.729. The molecule has 0 radical (unpaired) electrons. The van der Waals surface area contributed by atoms with Gasteiger partial charge in [0.2, 0.25) is 0 Å². The second-order valence-corrected chi connectivity index (χ2v) is 7.07. The number of nitrogens with one attached hydrogen (secondary N) is 1. The first-order chi connectivity index (χ1) is 9.92. The Hall–Kier alpha value is -1.52. The predicted octanol–water partition coefficient (Wildman–Crippen LogP) is 3.89. The number of halogens is 1. The Morgan fingerprint density at radius 3 is 2.29 bits per heavy atom. The van der Waals surface area contributed by atoms with E-state index in [4.69, 9.17) is 11.6 Å². The van der Waals surface area contributed by atoms with Crippen LogP contribution in [0.4, 0.5) is 5.69 Å². The van der Waals surface area contributed by atoms with E-state index in [0.29, 0.717) is 11.6 Å². The Labute approximate surface area is 131 Å². The standard InChI is InChI=1S/C16H18ClNO2S/c1-12-3-8-16(13(2)11-12)18-21(19,20)15-6-4-14(5-7-15)9-10-17/h3-8,11,18H,9-10H2,1-2H3. The molecule has 0 atom stereocenters. The van der Waals surface area contributed by atoms with E-state index in [1.807, 2.05) is 26.0 Å². The lowest BCUT2D eigenvalue weighted by atomic mass is 10.1. The van der Waals surface area contributed by atoms with E-state index >= 15 is 0 Å². The molecule has 0 aliphatic heterocycles. The van der Waals surface area contributed by atoms with Gasteiger partial charge in [-0.3, -0.25) is 4.72 Å². The SMILES string of the molecule is Cc1ccc(NS(=O)(=O)c2ccc(CCCl)cc2)c(C)c1. The summed E-state index contributed by atoms with van der Waals surface area (Å²) in [5, 5.41) is 0. The lowest BCUT2D eigenvalue weighted by Crippen LogP contribution is -2.13. The number of hydrogen-bond donors (Lipinski definition) is 1. The van der Waals surface area contributed by atoms with Crippen LogP contribution in [-0.2, 0) is 16.4 Å². The van der Waals surface area contributed by atoms with Gasteiger partial charge in [0.05, 0.1) is 10.6 Å². The van der Waals surface area contributed by atoms with Gasteiger partial charge >= 0.3 is 0 Å². The van der Waals surface area contributed by atoms with Gasteiger partial charge in [0, 0.05) is 5.88 Å². The molecule has 0 saturated heterocycles. The maximum absolute atomic E-state index is 12.4. The summed E-state index contributed by atoms with van der Waals surface area (Å²) >= 11 is 5.67. The molecule has 0 aliphatic rings. The van der Waals surface area contributed by atoms with E-state index in [9.17, 15) is 8.42 Å². The Kier molecular flexibility index (Phi) is 4.91. The maximum atomic E-state index is 12.4. The van der Waals surface area contributed by atoms with Crippen LogP contribution in [0.1, 0.15) is 16.7 Å². The minimum atomic E-state index is -3.56. The van der Waals surface area contributed by atoms with E-state index in [0.717, 1.165) is 23.1 Å². The van der Waals surface area contributed by atoms with Crippen LogP contribution in [0.25, 0.3) is 0 Å². The van der Waals surface area contributed by atoms with E-state index in [1.54, 1.807) is 30.3 Å². The third-order valence-electron chi connectivity index (χ3n) is 3.24. The first-order valence-corrected chi connectivity index (χ1v) is 8.69. The molecular formula is C16H18ClNO2S. The Balaban J connectivity index is 2.25. The molecule has 0 unspecified atom stereocenters. The van der Waals surface area contributed by atoms with E-state index in [1.165, 1.54) is 0 Å². The third kappa shape index (κ3) is 3.99. The maximum Gasteiger partial charge on any atom is 0.261 e. The van der Waals surface area contributed by atoms with Crippen molar-refractivity contribution < 1.29 is 8.42 Å². The van der Waals surface area contributed by atoms with Gasteiger partial charge < -0.3 is 0 Å². The van der Waals surface area contributed by atoms with Crippen LogP contribution >= 0.6 is 11.6 Å². The fourth-order valence-electron chi connectivity index (χ4n) is 2.08. The summed E-state index contributed by atoms with van der Waals surface area (Å²) in [6, 6.07) is 12.4. The van der Waals surface area contributed by atoms with Crippen molar-refractivity contribution in [2.75, 3.05) is 10.6 Å². The zero-order valence-corrected chi connectivity index (χ0v) is 13.6. The normalized spacial score (nSPS) is 11.4. The van der Waals surface area contributed by atoms with E-state index < -0.39 is 10.0 Å². The summed E-state index contributed by atoms with van der Waals surface area (Å²) in [5.41, 5.74) is 3.62. The molecule has 112 valence electrons. The zero-order chi connectivity index (χ0) is 15.5. The van der Waals surface area contributed by atoms with Crippen molar-refractivity contribution in [3.8, 4) is 0 Å². The van der Waals surface area contributed by atoms with Crippen molar-refractivity contribution in [1.82, 2.24) is 0 Å². The minimum Gasteiger partial charge on any atom is -0.279 e. The number of anilines is 1. The Morgan fingerprint density at radius 1 is 1.05 bits per heavy atom. The van der Waals surface area contributed by atoms with Crippen molar-refractivity contribution in [2.24, 2.45) is 0 Å². The number of sulfonamides is 1. The molecule has 2 aromatic carbocycles. The fourth-order valence-corrected chi connectivity index (χ4v) is 3.43. The monoisotopic (exact) mass is 323 g/mol. The van der Waals surface area contributed by atoms with Gasteiger partial charge in [-0.1, -0.05) is 29.8 Å². The molecule has 0 saturated carbocycles. The summed E-state index contributed by atoms with van der Waals surface area (Å²) < 4.78 is 27.4. The summed E-state index contributed by atoms with van der Waals surface area (Å²) in [6.45, 7) is 3.86. The highest BCUT2D eigenvalue weighted by Gasteiger charge is 2.15. The van der Waals surface area contributed by atoms with Crippen LogP contribution in [0.2, 0.25) is 0 Å². The van der Waals surface area contributed by atoms with Crippen molar-refractivity contribution >= 4 is 27.3 Å². The molecule has 0 amide bonds. The molecule has 3 nitrogen and oxygen atoms in total. The highest BCUT2D eigenvalue weighted by atomic mass is 35.5. The van der Waals surface area contributed by atoms with E-state index in [-0.39, 0.29) is 4.90 Å². The van der Waals surface area contributed by atoms with Gasteiger partial charge in [-0.05, 0) is 49.6 Å². The Bertz CT molecular complexity index is 724. The van der Waals surface area contributed by atoms with Gasteiger partial charge in [-0.2, -0.15) is 0 Å². The zero-order valence-electron chi connectivity index (χ0n) is 12.1. The summed E-state index contributed by atoms with van der Waals surface area (Å²) in [5.74, 6) is 0.521. The molecule has 0 spiro atoms. The summed E-state index contributed by atoms with van der Waals surface area (Å²) in [4.78, 5) is 0.251. The topological polar surface area (TPSA) is 46.2 Å². The quantitative estimate of drug-likeness (QED) is 0.849.